The van der Waals surface area contributed by atoms with Crippen LogP contribution in [0.3, 0.4) is 0 Å². The Morgan fingerprint density at radius 2 is 0.355 bits per heavy atom. The van der Waals surface area contributed by atoms with E-state index in [0.717, 1.165) is 44.1 Å². The zero-order valence-electron chi connectivity index (χ0n) is 46.5. The number of hydrogen-bond acceptors (Lipinski definition) is 3. The summed E-state index contributed by atoms with van der Waals surface area (Å²) in [4.78, 5) is 9.36. The summed E-state index contributed by atoms with van der Waals surface area (Å²) in [6.07, 6.45) is 0. The molecule has 7 heteroatoms. The lowest BCUT2D eigenvalue weighted by atomic mass is 10.0. The van der Waals surface area contributed by atoms with Crippen LogP contribution in [0.4, 0.5) is 0 Å². The summed E-state index contributed by atoms with van der Waals surface area (Å²) in [6.45, 7) is 26.4. The van der Waals surface area contributed by atoms with Crippen LogP contribution in [0.2, 0.25) is 0 Å². The van der Waals surface area contributed by atoms with Crippen molar-refractivity contribution in [2.45, 2.75) is 145 Å². The fourth-order valence-corrected chi connectivity index (χ4v) is 18.9. The third-order valence-electron chi connectivity index (χ3n) is 14.4. The second-order valence-corrected chi connectivity index (χ2v) is 29.5. The molecule has 0 heterocycles. The Morgan fingerprint density at radius 1 is 0.224 bits per heavy atom. The van der Waals surface area contributed by atoms with Gasteiger partial charge >= 0.3 is 7.32 Å². The molecule has 0 amide bonds. The van der Waals surface area contributed by atoms with E-state index in [-0.39, 0.29) is 0 Å². The molecule has 3 nitrogen and oxygen atoms in total. The van der Waals surface area contributed by atoms with E-state index in [9.17, 15) is 0 Å². The number of hydrogen-bond donors (Lipinski definition) is 0. The van der Waals surface area contributed by atoms with Crippen molar-refractivity contribution in [2.24, 2.45) is 0 Å². The van der Waals surface area contributed by atoms with Crippen LogP contribution in [-0.4, -0.2) is 7.32 Å². The summed E-state index contributed by atoms with van der Waals surface area (Å²) in [5.74, 6) is 1.01. The molecule has 76 heavy (non-hydrogen) atoms. The van der Waals surface area contributed by atoms with Gasteiger partial charge in [-0.25, -0.2) is 0 Å². The Morgan fingerprint density at radius 3 is 0.487 bits per heavy atom. The van der Waals surface area contributed by atoms with Crippen LogP contribution >= 0.6 is 30.9 Å². The second-order valence-electron chi connectivity index (χ2n) is 21.3. The van der Waals surface area contributed by atoms with E-state index >= 15 is 0 Å². The third kappa shape index (κ3) is 11.2. The molecule has 0 saturated carbocycles. The Bertz CT molecular complexity index is 2820. The lowest BCUT2D eigenvalue weighted by Gasteiger charge is -2.49. The molecule has 390 valence electrons. The summed E-state index contributed by atoms with van der Waals surface area (Å²) in [6, 6.07) is 81.0. The van der Waals surface area contributed by atoms with Gasteiger partial charge in [-0.05, 0) is 185 Å². The largest absolute Gasteiger partial charge is 0.673 e. The van der Waals surface area contributed by atoms with Gasteiger partial charge in [-0.2, -0.15) is 0 Å². The summed E-state index contributed by atoms with van der Waals surface area (Å²) in [5, 5.41) is 0. The summed E-state index contributed by atoms with van der Waals surface area (Å²) in [5.41, 5.74) is 10.8. The highest BCUT2D eigenvalue weighted by atomic mass is 32.3. The van der Waals surface area contributed by atoms with Crippen molar-refractivity contribution in [3.8, 4) is 0 Å². The molecule has 0 radical (unpaired) electrons. The van der Waals surface area contributed by atoms with E-state index < -0.39 is 38.2 Å². The highest BCUT2D eigenvalue weighted by molar-refractivity contribution is 8.32. The van der Waals surface area contributed by atoms with Crippen molar-refractivity contribution in [2.75, 3.05) is 0 Å². The van der Waals surface area contributed by atoms with Gasteiger partial charge in [0.2, 0.25) is 0 Å². The summed E-state index contributed by atoms with van der Waals surface area (Å²) < 4.78 is 25.5. The molecular formula is C69H75BO3S3. The van der Waals surface area contributed by atoms with Crippen molar-refractivity contribution in [1.29, 1.82) is 0 Å². The van der Waals surface area contributed by atoms with E-state index in [0.29, 0.717) is 17.8 Å². The van der Waals surface area contributed by atoms with E-state index in [2.05, 4.69) is 301 Å². The minimum atomic E-state index is -2.73. The van der Waals surface area contributed by atoms with Crippen molar-refractivity contribution in [3.05, 3.63) is 268 Å². The van der Waals surface area contributed by atoms with Crippen molar-refractivity contribution < 1.29 is 12.3 Å². The Hall–Kier alpha value is -6.03. The molecule has 0 saturated heterocycles. The zero-order valence-corrected chi connectivity index (χ0v) is 49.0. The van der Waals surface area contributed by atoms with Crippen LogP contribution in [0.15, 0.2) is 262 Å². The Labute approximate surface area is 460 Å². The molecule has 0 bridgehead atoms. The van der Waals surface area contributed by atoms with Gasteiger partial charge in [0.15, 0.2) is 0 Å². The van der Waals surface area contributed by atoms with Gasteiger partial charge in [0.1, 0.15) is 0 Å². The van der Waals surface area contributed by atoms with E-state index in [1.165, 1.54) is 50.1 Å². The maximum Gasteiger partial charge on any atom is 0.673 e. The fourth-order valence-electron chi connectivity index (χ4n) is 9.64. The maximum atomic E-state index is 8.52. The van der Waals surface area contributed by atoms with Gasteiger partial charge in [-0.3, -0.25) is 0 Å². The average Bonchev–Trinajstić information content (AvgIpc) is 3.45. The van der Waals surface area contributed by atoms with Crippen LogP contribution in [-0.2, 0) is 12.3 Å². The molecule has 0 N–H and O–H groups in total. The predicted molar refractivity (Wildman–Crippen MR) is 325 cm³/mol. The van der Waals surface area contributed by atoms with Crippen LogP contribution in [0, 0.1) is 41.5 Å². The second kappa shape index (κ2) is 23.3. The standard InChI is InChI=1S/C69H75BO3S3/c1-49(2)58-25-43-67(44-26-58)74(61-31-13-52(7)14-32-61,62-33-15-53(8)16-34-62)71-70(72-75(63-35-17-54(9)18-36-63,64-37-19-55(10)20-38-64)68-45-27-59(28-46-68)50(3)4)73-76(65-39-21-56(11)22-40-65,66-41-23-57(12)24-42-66)69-47-29-60(30-48-69)51(5)6/h13-51H,1-12H3. The first-order valence-electron chi connectivity index (χ1n) is 26.8. The lowest BCUT2D eigenvalue weighted by Crippen LogP contribution is -2.33. The SMILES string of the molecule is Cc1ccc(S(OB(OS(c2ccc(C)cc2)(c2ccc(C)cc2)c2ccc(C(C)C)cc2)OS(c2ccc(C)cc2)(c2ccc(C)cc2)c2ccc(C(C)C)cc2)(c2ccc(C)cc2)c2ccc(C(C)C)cc2)cc1. The Balaban J connectivity index is 1.44. The van der Waals surface area contributed by atoms with Crippen LogP contribution in [0.25, 0.3) is 0 Å². The smallest absolute Gasteiger partial charge is 0.323 e. The predicted octanol–water partition coefficient (Wildman–Crippen LogP) is 20.9. The van der Waals surface area contributed by atoms with Crippen LogP contribution < -0.4 is 0 Å². The van der Waals surface area contributed by atoms with Gasteiger partial charge in [0.25, 0.3) is 0 Å². The first kappa shape index (κ1) is 54.8. The normalized spacial score (nSPS) is 12.8. The summed E-state index contributed by atoms with van der Waals surface area (Å²) >= 11 is 0. The monoisotopic (exact) mass is 1060 g/mol. The molecule has 0 aliphatic carbocycles. The molecule has 9 aromatic carbocycles. The minimum absolute atomic E-state index is 0.336. The summed E-state index contributed by atoms with van der Waals surface area (Å²) in [7, 11) is -9.52. The molecule has 0 aliphatic heterocycles. The van der Waals surface area contributed by atoms with Gasteiger partial charge in [-0.1, -0.05) is 215 Å². The van der Waals surface area contributed by atoms with Crippen molar-refractivity contribution >= 4 is 38.2 Å². The third-order valence-corrected chi connectivity index (χ3v) is 24.2. The molecule has 0 aromatic heterocycles. The maximum absolute atomic E-state index is 8.52. The zero-order chi connectivity index (χ0) is 53.8. The quantitative estimate of drug-likeness (QED) is 0.0802. The van der Waals surface area contributed by atoms with Crippen LogP contribution in [0.5, 0.6) is 0 Å². The lowest BCUT2D eigenvalue weighted by molar-refractivity contribution is 0.353. The molecule has 0 spiro atoms. The van der Waals surface area contributed by atoms with Crippen LogP contribution in [0.1, 0.15) is 109 Å². The Kier molecular flexibility index (Phi) is 16.8. The van der Waals surface area contributed by atoms with E-state index in [1.807, 2.05) is 0 Å². The first-order chi connectivity index (χ1) is 36.5. The highest BCUT2D eigenvalue weighted by Gasteiger charge is 2.50. The molecule has 0 atom stereocenters. The molecule has 0 fully saturated rings. The van der Waals surface area contributed by atoms with Crippen molar-refractivity contribution in [1.82, 2.24) is 0 Å². The highest BCUT2D eigenvalue weighted by Crippen LogP contribution is 2.76. The number of aryl methyl sites for hydroxylation is 6. The molecule has 9 aromatic rings. The molecule has 9 rings (SSSR count). The van der Waals surface area contributed by atoms with Gasteiger partial charge in [-0.15, -0.1) is 0 Å². The van der Waals surface area contributed by atoms with E-state index in [4.69, 9.17) is 12.3 Å². The fraction of sp³-hybridized carbons (Fsp3) is 0.217. The molecular weight excluding hydrogens is 984 g/mol. The topological polar surface area (TPSA) is 27.7 Å². The van der Waals surface area contributed by atoms with Crippen molar-refractivity contribution in [3.63, 3.8) is 0 Å². The molecule has 0 aliphatic rings. The van der Waals surface area contributed by atoms with E-state index in [1.54, 1.807) is 0 Å². The number of rotatable bonds is 18. The van der Waals surface area contributed by atoms with Gasteiger partial charge < -0.3 is 12.3 Å². The average molecular weight is 1060 g/mol. The van der Waals surface area contributed by atoms with Gasteiger partial charge in [0, 0.05) is 44.1 Å². The molecule has 0 unspecified atom stereocenters. The minimum Gasteiger partial charge on any atom is -0.323 e. The van der Waals surface area contributed by atoms with Gasteiger partial charge in [0.05, 0.1) is 0 Å². The number of benzene rings is 9. The first-order valence-corrected chi connectivity index (χ1v) is 31.4.